The lowest BCUT2D eigenvalue weighted by Gasteiger charge is -2.36. The highest BCUT2D eigenvalue weighted by atomic mass is 16.5. The predicted molar refractivity (Wildman–Crippen MR) is 107 cm³/mol. The number of ether oxygens (including phenoxy) is 1. The Morgan fingerprint density at radius 2 is 2.10 bits per heavy atom. The molecule has 154 valence electrons. The van der Waals surface area contributed by atoms with Crippen molar-refractivity contribution >= 4 is 11.8 Å². The van der Waals surface area contributed by atoms with Crippen LogP contribution >= 0.6 is 0 Å². The molecule has 0 aliphatic carbocycles. The maximum Gasteiger partial charge on any atom is 0.246 e. The summed E-state index contributed by atoms with van der Waals surface area (Å²) in [5.41, 5.74) is 0.731. The van der Waals surface area contributed by atoms with Crippen molar-refractivity contribution in [1.82, 2.24) is 15.4 Å². The molecule has 2 fully saturated rings. The highest BCUT2D eigenvalue weighted by Gasteiger charge is 2.49. The molecule has 2 atom stereocenters. The van der Waals surface area contributed by atoms with E-state index in [9.17, 15) is 9.59 Å². The average Bonchev–Trinajstić information content (AvgIpc) is 3.48. The topological polar surface area (TPSA) is 84.7 Å². The van der Waals surface area contributed by atoms with Gasteiger partial charge < -0.3 is 19.5 Å². The summed E-state index contributed by atoms with van der Waals surface area (Å²) in [4.78, 5) is 27.3. The number of likely N-dealkylation sites (tertiary alicyclic amines) is 1. The van der Waals surface area contributed by atoms with E-state index in [2.05, 4.69) is 10.5 Å². The summed E-state index contributed by atoms with van der Waals surface area (Å²) in [5.74, 6) is 0.361. The van der Waals surface area contributed by atoms with Gasteiger partial charge in [-0.25, -0.2) is 0 Å². The van der Waals surface area contributed by atoms with Crippen LogP contribution in [0, 0.1) is 0 Å². The second kappa shape index (κ2) is 8.37. The van der Waals surface area contributed by atoms with Crippen LogP contribution in [0.3, 0.4) is 0 Å². The van der Waals surface area contributed by atoms with Crippen LogP contribution in [-0.2, 0) is 20.7 Å². The van der Waals surface area contributed by atoms with Gasteiger partial charge in [-0.2, -0.15) is 0 Å². The first kappa shape index (κ1) is 19.6. The number of nitrogens with zero attached hydrogens (tertiary/aromatic N) is 2. The third-order valence-corrected chi connectivity index (χ3v) is 5.90. The monoisotopic (exact) mass is 397 g/mol. The summed E-state index contributed by atoms with van der Waals surface area (Å²) in [6, 6.07) is 11.6. The molecule has 0 radical (unpaired) electrons. The van der Waals surface area contributed by atoms with Crippen LogP contribution in [-0.4, -0.2) is 53.2 Å². The summed E-state index contributed by atoms with van der Waals surface area (Å²) in [7, 11) is 0. The second-order valence-corrected chi connectivity index (χ2v) is 7.87. The molecule has 2 aliphatic heterocycles. The molecule has 1 aromatic heterocycles. The van der Waals surface area contributed by atoms with E-state index in [0.29, 0.717) is 31.7 Å². The van der Waals surface area contributed by atoms with E-state index in [-0.39, 0.29) is 17.9 Å². The van der Waals surface area contributed by atoms with Gasteiger partial charge in [0.1, 0.15) is 17.0 Å². The molecule has 2 aliphatic rings. The van der Waals surface area contributed by atoms with E-state index in [1.165, 1.54) is 6.92 Å². The number of hydrogen-bond donors (Lipinski definition) is 1. The summed E-state index contributed by atoms with van der Waals surface area (Å²) < 4.78 is 11.2. The highest BCUT2D eigenvalue weighted by molar-refractivity contribution is 5.92. The molecule has 0 spiro atoms. The predicted octanol–water partition coefficient (Wildman–Crippen LogP) is 2.56. The highest BCUT2D eigenvalue weighted by Crippen LogP contribution is 2.34. The number of hydrogen-bond acceptors (Lipinski definition) is 5. The summed E-state index contributed by atoms with van der Waals surface area (Å²) in [6.07, 6.45) is 3.72. The Morgan fingerprint density at radius 3 is 2.83 bits per heavy atom. The Labute approximate surface area is 170 Å². The number of carbonyl (C=O) groups is 2. The van der Waals surface area contributed by atoms with Gasteiger partial charge in [0.05, 0.1) is 6.10 Å². The van der Waals surface area contributed by atoms with Gasteiger partial charge in [0.15, 0.2) is 0 Å². The zero-order chi connectivity index (χ0) is 20.3. The van der Waals surface area contributed by atoms with Gasteiger partial charge in [0, 0.05) is 44.7 Å². The molecule has 2 amide bonds. The van der Waals surface area contributed by atoms with Crippen LogP contribution in [0.25, 0.3) is 11.3 Å². The number of carbonyl (C=O) groups excluding carboxylic acids is 2. The molecule has 2 aromatic rings. The molecule has 3 heterocycles. The number of rotatable bonds is 6. The van der Waals surface area contributed by atoms with Crippen molar-refractivity contribution in [2.24, 2.45) is 0 Å². The minimum Gasteiger partial charge on any atom is -0.376 e. The standard InChI is InChI=1S/C22H27N3O4/c1-16(26)25-11-6-10-22(25,21(27)23-15-18-9-5-12-28-18)14-19-13-20(24-29-19)17-7-3-2-4-8-17/h2-4,7-8,13,18H,5-6,9-12,14-15H2,1H3,(H,23,27)/t18-,22-/m1/s1. The molecule has 1 N–H and O–H groups in total. The van der Waals surface area contributed by atoms with Crippen molar-refractivity contribution in [2.45, 2.75) is 50.7 Å². The van der Waals surface area contributed by atoms with Crippen LogP contribution in [0.2, 0.25) is 0 Å². The number of amides is 2. The molecule has 29 heavy (non-hydrogen) atoms. The molecule has 0 unspecified atom stereocenters. The van der Waals surface area contributed by atoms with E-state index < -0.39 is 5.54 Å². The first-order valence-electron chi connectivity index (χ1n) is 10.3. The lowest BCUT2D eigenvalue weighted by molar-refractivity contribution is -0.144. The minimum atomic E-state index is -0.946. The van der Waals surface area contributed by atoms with Crippen LogP contribution < -0.4 is 5.32 Å². The molecule has 0 saturated carbocycles. The van der Waals surface area contributed by atoms with E-state index >= 15 is 0 Å². The van der Waals surface area contributed by atoms with Crippen LogP contribution in [0.5, 0.6) is 0 Å². The molecule has 4 rings (SSSR count). The smallest absolute Gasteiger partial charge is 0.246 e. The largest absolute Gasteiger partial charge is 0.376 e. The minimum absolute atomic E-state index is 0.0538. The third-order valence-electron chi connectivity index (χ3n) is 5.90. The maximum absolute atomic E-state index is 13.3. The van der Waals surface area contributed by atoms with Gasteiger partial charge in [0.2, 0.25) is 11.8 Å². The molecule has 0 bridgehead atoms. The maximum atomic E-state index is 13.3. The Balaban J connectivity index is 1.55. The molecule has 7 nitrogen and oxygen atoms in total. The van der Waals surface area contributed by atoms with Crippen molar-refractivity contribution in [2.75, 3.05) is 19.7 Å². The van der Waals surface area contributed by atoms with Gasteiger partial charge in [-0.05, 0) is 25.7 Å². The van der Waals surface area contributed by atoms with Gasteiger partial charge >= 0.3 is 0 Å². The Bertz CT molecular complexity index is 860. The summed E-state index contributed by atoms with van der Waals surface area (Å²) >= 11 is 0. The Kier molecular flexibility index (Phi) is 5.67. The lowest BCUT2D eigenvalue weighted by Crippen LogP contribution is -2.59. The van der Waals surface area contributed by atoms with Crippen molar-refractivity contribution in [3.8, 4) is 11.3 Å². The normalized spacial score (nSPS) is 24.0. The lowest BCUT2D eigenvalue weighted by atomic mass is 9.89. The first-order valence-corrected chi connectivity index (χ1v) is 10.3. The van der Waals surface area contributed by atoms with E-state index in [1.807, 2.05) is 36.4 Å². The Hall–Kier alpha value is -2.67. The number of aromatic nitrogens is 1. The Morgan fingerprint density at radius 1 is 1.28 bits per heavy atom. The van der Waals surface area contributed by atoms with Crippen LogP contribution in [0.15, 0.2) is 40.9 Å². The first-order chi connectivity index (χ1) is 14.1. The van der Waals surface area contributed by atoms with Crippen molar-refractivity contribution in [3.63, 3.8) is 0 Å². The summed E-state index contributed by atoms with van der Waals surface area (Å²) in [5, 5.41) is 7.20. The van der Waals surface area contributed by atoms with Crippen LogP contribution in [0.4, 0.5) is 0 Å². The van der Waals surface area contributed by atoms with E-state index in [1.54, 1.807) is 4.90 Å². The van der Waals surface area contributed by atoms with Gasteiger partial charge in [-0.1, -0.05) is 35.5 Å². The zero-order valence-corrected chi connectivity index (χ0v) is 16.7. The van der Waals surface area contributed by atoms with Gasteiger partial charge in [-0.3, -0.25) is 9.59 Å². The van der Waals surface area contributed by atoms with E-state index in [0.717, 1.165) is 37.1 Å². The zero-order valence-electron chi connectivity index (χ0n) is 16.7. The molecular formula is C22H27N3O4. The molecule has 2 saturated heterocycles. The number of nitrogens with one attached hydrogen (secondary N) is 1. The summed E-state index contributed by atoms with van der Waals surface area (Å²) in [6.45, 7) is 3.30. The van der Waals surface area contributed by atoms with Crippen molar-refractivity contribution < 1.29 is 18.8 Å². The molecule has 7 heteroatoms. The quantitative estimate of drug-likeness (QED) is 0.810. The average molecular weight is 397 g/mol. The fourth-order valence-corrected chi connectivity index (χ4v) is 4.44. The van der Waals surface area contributed by atoms with Crippen LogP contribution in [0.1, 0.15) is 38.4 Å². The van der Waals surface area contributed by atoms with Crippen molar-refractivity contribution in [3.05, 3.63) is 42.2 Å². The second-order valence-electron chi connectivity index (χ2n) is 7.87. The number of benzene rings is 1. The third kappa shape index (κ3) is 4.05. The SMILES string of the molecule is CC(=O)N1CCC[C@@]1(Cc1cc(-c2ccccc2)no1)C(=O)NC[C@H]1CCCO1. The fraction of sp³-hybridized carbons (Fsp3) is 0.500. The fourth-order valence-electron chi connectivity index (χ4n) is 4.44. The van der Waals surface area contributed by atoms with E-state index in [4.69, 9.17) is 9.26 Å². The molecular weight excluding hydrogens is 370 g/mol. The van der Waals surface area contributed by atoms with Gasteiger partial charge in [-0.15, -0.1) is 0 Å². The van der Waals surface area contributed by atoms with Gasteiger partial charge in [0.25, 0.3) is 0 Å². The molecule has 1 aromatic carbocycles. The van der Waals surface area contributed by atoms with Crippen molar-refractivity contribution in [1.29, 1.82) is 0 Å².